The summed E-state index contributed by atoms with van der Waals surface area (Å²) >= 11 is 0. The maximum absolute atomic E-state index is 10.7. The van der Waals surface area contributed by atoms with E-state index in [0.29, 0.717) is 5.92 Å². The van der Waals surface area contributed by atoms with Crippen molar-refractivity contribution >= 4 is 5.97 Å². The molecule has 15 heavy (non-hydrogen) atoms. The minimum atomic E-state index is -0.681. The van der Waals surface area contributed by atoms with Crippen molar-refractivity contribution in [2.75, 3.05) is 26.2 Å². The lowest BCUT2D eigenvalue weighted by Gasteiger charge is -2.41. The lowest BCUT2D eigenvalue weighted by molar-refractivity contribution is -0.145. The van der Waals surface area contributed by atoms with E-state index in [9.17, 15) is 4.79 Å². The minimum absolute atomic E-state index is 0.210. The summed E-state index contributed by atoms with van der Waals surface area (Å²) in [4.78, 5) is 13.0. The summed E-state index contributed by atoms with van der Waals surface area (Å²) in [6, 6.07) is 0. The molecule has 1 heterocycles. The number of likely N-dealkylation sites (tertiary alicyclic amines) is 1. The Bertz CT molecular complexity index is 202. The van der Waals surface area contributed by atoms with Gasteiger partial charge in [0.25, 0.3) is 0 Å². The second-order valence-electron chi connectivity index (χ2n) is 4.43. The Morgan fingerprint density at radius 2 is 2.07 bits per heavy atom. The van der Waals surface area contributed by atoms with E-state index in [4.69, 9.17) is 10.2 Å². The zero-order valence-electron chi connectivity index (χ0n) is 9.35. The van der Waals surface area contributed by atoms with E-state index < -0.39 is 5.97 Å². The number of rotatable bonds is 7. The van der Waals surface area contributed by atoms with E-state index in [0.717, 1.165) is 38.9 Å². The number of unbranched alkanes of at least 4 members (excludes halogenated alkanes) is 2. The predicted octanol–water partition coefficient (Wildman–Crippen LogP) is 0.801. The first-order chi connectivity index (χ1) is 7.15. The van der Waals surface area contributed by atoms with E-state index in [2.05, 4.69) is 4.90 Å². The van der Waals surface area contributed by atoms with Crippen molar-refractivity contribution < 1.29 is 15.0 Å². The van der Waals surface area contributed by atoms with Crippen molar-refractivity contribution in [2.45, 2.75) is 26.2 Å². The first kappa shape index (κ1) is 12.5. The van der Waals surface area contributed by atoms with E-state index >= 15 is 0 Å². The number of aliphatic hydroxyl groups excluding tert-OH is 1. The fraction of sp³-hybridized carbons (Fsp3) is 0.909. The highest BCUT2D eigenvalue weighted by Gasteiger charge is 2.33. The summed E-state index contributed by atoms with van der Waals surface area (Å²) < 4.78 is 0. The zero-order chi connectivity index (χ0) is 11.3. The maximum atomic E-state index is 10.7. The van der Waals surface area contributed by atoms with Gasteiger partial charge in [0, 0.05) is 19.7 Å². The zero-order valence-corrected chi connectivity index (χ0v) is 9.35. The van der Waals surface area contributed by atoms with Crippen molar-refractivity contribution in [2.24, 2.45) is 11.8 Å². The highest BCUT2D eigenvalue weighted by molar-refractivity contribution is 5.70. The molecule has 0 aliphatic carbocycles. The third-order valence-electron chi connectivity index (χ3n) is 3.21. The fourth-order valence-corrected chi connectivity index (χ4v) is 1.93. The van der Waals surface area contributed by atoms with Crippen LogP contribution in [0.4, 0.5) is 0 Å². The van der Waals surface area contributed by atoms with Crippen LogP contribution in [-0.2, 0) is 4.79 Å². The lowest BCUT2D eigenvalue weighted by atomic mass is 9.87. The van der Waals surface area contributed by atoms with Gasteiger partial charge >= 0.3 is 5.97 Å². The fourth-order valence-electron chi connectivity index (χ4n) is 1.93. The smallest absolute Gasteiger partial charge is 0.306 e. The average Bonchev–Trinajstić information content (AvgIpc) is 2.13. The van der Waals surface area contributed by atoms with E-state index in [-0.39, 0.29) is 12.5 Å². The number of carbonyl (C=O) groups is 1. The quantitative estimate of drug-likeness (QED) is 0.617. The summed E-state index contributed by atoms with van der Waals surface area (Å²) in [7, 11) is 0. The molecular weight excluding hydrogens is 194 g/mol. The molecular formula is C11H21NO3. The summed E-state index contributed by atoms with van der Waals surface area (Å²) in [6.07, 6.45) is 3.05. The van der Waals surface area contributed by atoms with Crippen LogP contribution in [-0.4, -0.2) is 47.3 Å². The molecule has 0 saturated carbocycles. The number of carboxylic acids is 1. The van der Waals surface area contributed by atoms with Crippen LogP contribution in [0.5, 0.6) is 0 Å². The second-order valence-corrected chi connectivity index (χ2v) is 4.43. The first-order valence-electron chi connectivity index (χ1n) is 5.71. The number of carboxylic acid groups (broad SMARTS) is 1. The molecule has 0 radical (unpaired) electrons. The van der Waals surface area contributed by atoms with E-state index in [1.54, 1.807) is 6.92 Å². The van der Waals surface area contributed by atoms with Crippen LogP contribution in [0, 0.1) is 11.8 Å². The molecule has 2 N–H and O–H groups in total. The topological polar surface area (TPSA) is 60.8 Å². The highest BCUT2D eigenvalue weighted by Crippen LogP contribution is 2.24. The van der Waals surface area contributed by atoms with Gasteiger partial charge in [-0.05, 0) is 31.7 Å². The molecule has 1 aliphatic heterocycles. The molecule has 4 nitrogen and oxygen atoms in total. The third kappa shape index (κ3) is 3.80. The normalized spacial score (nSPS) is 19.9. The van der Waals surface area contributed by atoms with Crippen molar-refractivity contribution in [3.63, 3.8) is 0 Å². The van der Waals surface area contributed by atoms with Crippen molar-refractivity contribution in [3.8, 4) is 0 Å². The van der Waals surface area contributed by atoms with Gasteiger partial charge in [0.05, 0.1) is 5.92 Å². The summed E-state index contributed by atoms with van der Waals surface area (Å²) in [5, 5.41) is 17.4. The van der Waals surface area contributed by atoms with Gasteiger partial charge in [-0.2, -0.15) is 0 Å². The standard InChI is InChI=1S/C11H21NO3/c1-9(11(14)15)10-7-12(8-10)5-3-2-4-6-13/h9-10,13H,2-8H2,1H3,(H,14,15). The Morgan fingerprint density at radius 1 is 1.40 bits per heavy atom. The highest BCUT2D eigenvalue weighted by atomic mass is 16.4. The molecule has 1 atom stereocenters. The van der Waals surface area contributed by atoms with Gasteiger partial charge in [0.15, 0.2) is 0 Å². The van der Waals surface area contributed by atoms with Gasteiger partial charge < -0.3 is 15.1 Å². The molecule has 1 saturated heterocycles. The molecule has 0 aromatic heterocycles. The Kier molecular flexibility index (Phi) is 5.05. The molecule has 0 spiro atoms. The Balaban J connectivity index is 2.02. The molecule has 0 bridgehead atoms. The number of aliphatic carboxylic acids is 1. The molecule has 1 rings (SSSR count). The number of hydrogen-bond donors (Lipinski definition) is 2. The van der Waals surface area contributed by atoms with Crippen LogP contribution < -0.4 is 0 Å². The van der Waals surface area contributed by atoms with Gasteiger partial charge in [-0.15, -0.1) is 0 Å². The molecule has 1 fully saturated rings. The summed E-state index contributed by atoms with van der Waals surface area (Å²) in [5.41, 5.74) is 0. The van der Waals surface area contributed by atoms with Gasteiger partial charge in [0.2, 0.25) is 0 Å². The molecule has 0 aromatic rings. The molecule has 1 unspecified atom stereocenters. The Labute approximate surface area is 90.9 Å². The minimum Gasteiger partial charge on any atom is -0.481 e. The SMILES string of the molecule is CC(C(=O)O)C1CN(CCCCCO)C1. The van der Waals surface area contributed by atoms with Crippen LogP contribution in [0.25, 0.3) is 0 Å². The predicted molar refractivity (Wildman–Crippen MR) is 57.7 cm³/mol. The van der Waals surface area contributed by atoms with Crippen molar-refractivity contribution in [1.29, 1.82) is 0 Å². The van der Waals surface area contributed by atoms with Crippen LogP contribution in [0.2, 0.25) is 0 Å². The number of nitrogens with zero attached hydrogens (tertiary/aromatic N) is 1. The molecule has 88 valence electrons. The lowest BCUT2D eigenvalue weighted by Crippen LogP contribution is -2.51. The van der Waals surface area contributed by atoms with Gasteiger partial charge in [0.1, 0.15) is 0 Å². The average molecular weight is 215 g/mol. The van der Waals surface area contributed by atoms with Crippen LogP contribution in [0.15, 0.2) is 0 Å². The van der Waals surface area contributed by atoms with Gasteiger partial charge in [-0.3, -0.25) is 4.79 Å². The first-order valence-corrected chi connectivity index (χ1v) is 5.71. The molecule has 0 amide bonds. The largest absolute Gasteiger partial charge is 0.481 e. The van der Waals surface area contributed by atoms with Gasteiger partial charge in [-0.1, -0.05) is 6.92 Å². The number of hydrogen-bond acceptors (Lipinski definition) is 3. The Hall–Kier alpha value is -0.610. The van der Waals surface area contributed by atoms with Crippen molar-refractivity contribution in [3.05, 3.63) is 0 Å². The molecule has 1 aliphatic rings. The van der Waals surface area contributed by atoms with E-state index in [1.807, 2.05) is 0 Å². The Morgan fingerprint density at radius 3 is 2.60 bits per heavy atom. The summed E-state index contributed by atoms with van der Waals surface area (Å²) in [5.74, 6) is -0.557. The van der Waals surface area contributed by atoms with Crippen molar-refractivity contribution in [1.82, 2.24) is 4.90 Å². The number of aliphatic hydroxyl groups is 1. The monoisotopic (exact) mass is 215 g/mol. The van der Waals surface area contributed by atoms with E-state index in [1.165, 1.54) is 0 Å². The van der Waals surface area contributed by atoms with Crippen LogP contribution in [0.1, 0.15) is 26.2 Å². The van der Waals surface area contributed by atoms with Crippen LogP contribution >= 0.6 is 0 Å². The summed E-state index contributed by atoms with van der Waals surface area (Å²) in [6.45, 7) is 4.96. The van der Waals surface area contributed by atoms with Crippen LogP contribution in [0.3, 0.4) is 0 Å². The molecule has 0 aromatic carbocycles. The maximum Gasteiger partial charge on any atom is 0.306 e. The molecule has 4 heteroatoms. The second kappa shape index (κ2) is 6.08. The third-order valence-corrected chi connectivity index (χ3v) is 3.21. The van der Waals surface area contributed by atoms with Gasteiger partial charge in [-0.25, -0.2) is 0 Å².